The standard InChI is InChI=1S/C33H25N2/c1-6-16-26(17-7-1)31-32(27-18-8-2-9-19-27)35(30-24-14-5-15-25-30)33(28-20-10-3-11-21-28)34(31)29-22-12-4-13-23-29/h1-25H/q+1. The van der Waals surface area contributed by atoms with Gasteiger partial charge in [-0.05, 0) is 36.4 Å². The van der Waals surface area contributed by atoms with Crippen LogP contribution in [0.1, 0.15) is 0 Å². The molecule has 0 N–H and O–H groups in total. The fourth-order valence-electron chi connectivity index (χ4n) is 4.75. The Morgan fingerprint density at radius 1 is 0.400 bits per heavy atom. The maximum Gasteiger partial charge on any atom is 0.300 e. The summed E-state index contributed by atoms with van der Waals surface area (Å²) in [4.78, 5) is 0. The molecule has 5 aromatic carbocycles. The van der Waals surface area contributed by atoms with Gasteiger partial charge < -0.3 is 0 Å². The first-order chi connectivity index (χ1) is 17.4. The third kappa shape index (κ3) is 3.85. The van der Waals surface area contributed by atoms with Crippen LogP contribution >= 0.6 is 0 Å². The highest BCUT2D eigenvalue weighted by Gasteiger charge is 2.35. The predicted molar refractivity (Wildman–Crippen MR) is 144 cm³/mol. The van der Waals surface area contributed by atoms with E-state index in [1.807, 2.05) is 0 Å². The Labute approximate surface area is 206 Å². The van der Waals surface area contributed by atoms with Crippen LogP contribution in [0.2, 0.25) is 0 Å². The largest absolute Gasteiger partial charge is 0.300 e. The lowest BCUT2D eigenvalue weighted by molar-refractivity contribution is -0.571. The van der Waals surface area contributed by atoms with Crippen LogP contribution in [0.3, 0.4) is 0 Å². The molecule has 0 fully saturated rings. The Morgan fingerprint density at radius 3 is 1.37 bits per heavy atom. The molecule has 0 atom stereocenters. The number of aromatic nitrogens is 2. The van der Waals surface area contributed by atoms with E-state index in [-0.39, 0.29) is 0 Å². The third-order valence-electron chi connectivity index (χ3n) is 6.25. The van der Waals surface area contributed by atoms with Gasteiger partial charge in [-0.1, -0.05) is 115 Å². The normalized spacial score (nSPS) is 10.9. The molecule has 35 heavy (non-hydrogen) atoms. The van der Waals surface area contributed by atoms with Crippen molar-refractivity contribution in [1.82, 2.24) is 4.57 Å². The summed E-state index contributed by atoms with van der Waals surface area (Å²) in [6.07, 6.45) is 0. The molecule has 0 unspecified atom stereocenters. The van der Waals surface area contributed by atoms with Crippen molar-refractivity contribution in [2.45, 2.75) is 0 Å². The Bertz CT molecular complexity index is 1240. The summed E-state index contributed by atoms with van der Waals surface area (Å²) in [5, 5.41) is 0. The van der Waals surface area contributed by atoms with E-state index in [0.717, 1.165) is 34.2 Å². The molecule has 2 nitrogen and oxygen atoms in total. The topological polar surface area (TPSA) is 8.81 Å². The van der Waals surface area contributed by atoms with E-state index in [4.69, 9.17) is 0 Å². The molecule has 0 saturated heterocycles. The van der Waals surface area contributed by atoms with Gasteiger partial charge in [0.1, 0.15) is 11.4 Å². The molecule has 2 heteroatoms. The van der Waals surface area contributed by atoms with Gasteiger partial charge in [0.25, 0.3) is 5.82 Å². The van der Waals surface area contributed by atoms with E-state index in [0.29, 0.717) is 0 Å². The molecule has 166 valence electrons. The number of nitrogens with zero attached hydrogens (tertiary/aromatic N) is 2. The highest BCUT2D eigenvalue weighted by Crippen LogP contribution is 2.38. The molecule has 6 aromatic rings. The predicted octanol–water partition coefficient (Wildman–Crippen LogP) is 7.76. The first-order valence-electron chi connectivity index (χ1n) is 11.9. The SMILES string of the molecule is c1ccc(-c2c(-c3ccccc3)[n+](-c3ccccc3)c(-c3ccccc3)n2-c2ccccc2)cc1. The zero-order valence-corrected chi connectivity index (χ0v) is 19.3. The number of imidazole rings is 1. The van der Waals surface area contributed by atoms with Gasteiger partial charge in [-0.25, -0.2) is 0 Å². The maximum atomic E-state index is 2.40. The molecular formula is C33H25N2+. The molecule has 0 aliphatic rings. The van der Waals surface area contributed by atoms with Gasteiger partial charge in [-0.15, -0.1) is 0 Å². The van der Waals surface area contributed by atoms with Gasteiger partial charge in [-0.2, -0.15) is 9.13 Å². The molecule has 1 aromatic heterocycles. The Hall–Kier alpha value is -4.69. The lowest BCUT2D eigenvalue weighted by Crippen LogP contribution is -2.34. The van der Waals surface area contributed by atoms with Gasteiger partial charge in [0.2, 0.25) is 0 Å². The van der Waals surface area contributed by atoms with Crippen molar-refractivity contribution in [3.05, 3.63) is 152 Å². The van der Waals surface area contributed by atoms with E-state index >= 15 is 0 Å². The van der Waals surface area contributed by atoms with Crippen molar-refractivity contribution in [3.63, 3.8) is 0 Å². The molecule has 0 bridgehead atoms. The van der Waals surface area contributed by atoms with Crippen LogP contribution in [-0.4, -0.2) is 4.57 Å². The number of para-hydroxylation sites is 2. The van der Waals surface area contributed by atoms with Crippen molar-refractivity contribution in [1.29, 1.82) is 0 Å². The summed E-state index contributed by atoms with van der Waals surface area (Å²) >= 11 is 0. The molecule has 0 radical (unpaired) electrons. The van der Waals surface area contributed by atoms with Crippen molar-refractivity contribution < 1.29 is 4.57 Å². The van der Waals surface area contributed by atoms with E-state index < -0.39 is 0 Å². The van der Waals surface area contributed by atoms with Crippen LogP contribution in [0.15, 0.2) is 152 Å². The van der Waals surface area contributed by atoms with Gasteiger partial charge in [0.15, 0.2) is 11.4 Å². The highest BCUT2D eigenvalue weighted by atomic mass is 15.2. The van der Waals surface area contributed by atoms with E-state index in [2.05, 4.69) is 161 Å². The first-order valence-corrected chi connectivity index (χ1v) is 11.9. The van der Waals surface area contributed by atoms with Crippen molar-refractivity contribution in [2.75, 3.05) is 0 Å². The molecule has 0 saturated carbocycles. The highest BCUT2D eigenvalue weighted by molar-refractivity contribution is 5.81. The maximum absolute atomic E-state index is 2.40. The molecule has 6 rings (SSSR count). The van der Waals surface area contributed by atoms with Crippen LogP contribution < -0.4 is 4.57 Å². The van der Waals surface area contributed by atoms with Crippen LogP contribution in [0.5, 0.6) is 0 Å². The molecule has 0 spiro atoms. The van der Waals surface area contributed by atoms with E-state index in [1.54, 1.807) is 0 Å². The zero-order chi connectivity index (χ0) is 23.5. The number of hydrogen-bond donors (Lipinski definition) is 0. The second kappa shape index (κ2) is 9.28. The lowest BCUT2D eigenvalue weighted by atomic mass is 10.0. The summed E-state index contributed by atoms with van der Waals surface area (Å²) < 4.78 is 4.81. The summed E-state index contributed by atoms with van der Waals surface area (Å²) in [7, 11) is 0. The monoisotopic (exact) mass is 449 g/mol. The van der Waals surface area contributed by atoms with E-state index in [1.165, 1.54) is 11.1 Å². The fraction of sp³-hybridized carbons (Fsp3) is 0. The van der Waals surface area contributed by atoms with Gasteiger partial charge in [-0.3, -0.25) is 0 Å². The lowest BCUT2D eigenvalue weighted by Gasteiger charge is -2.07. The summed E-state index contributed by atoms with van der Waals surface area (Å²) in [6.45, 7) is 0. The average Bonchev–Trinajstić information content (AvgIpc) is 3.32. The number of hydrogen-bond acceptors (Lipinski definition) is 0. The Morgan fingerprint density at radius 2 is 0.829 bits per heavy atom. The first kappa shape index (κ1) is 20.9. The Kier molecular flexibility index (Phi) is 5.54. The smallest absolute Gasteiger partial charge is 0.187 e. The zero-order valence-electron chi connectivity index (χ0n) is 19.3. The molecule has 0 aliphatic heterocycles. The van der Waals surface area contributed by atoms with Gasteiger partial charge >= 0.3 is 0 Å². The molecular weight excluding hydrogens is 424 g/mol. The van der Waals surface area contributed by atoms with Crippen LogP contribution in [0.25, 0.3) is 45.3 Å². The molecule has 1 heterocycles. The minimum Gasteiger partial charge on any atom is -0.187 e. The van der Waals surface area contributed by atoms with Crippen LogP contribution in [0.4, 0.5) is 0 Å². The molecule has 0 amide bonds. The van der Waals surface area contributed by atoms with Crippen LogP contribution in [0, 0.1) is 0 Å². The van der Waals surface area contributed by atoms with Crippen LogP contribution in [-0.2, 0) is 0 Å². The quantitative estimate of drug-likeness (QED) is 0.238. The van der Waals surface area contributed by atoms with Gasteiger partial charge in [0.05, 0.1) is 5.56 Å². The van der Waals surface area contributed by atoms with Gasteiger partial charge in [0, 0.05) is 11.1 Å². The summed E-state index contributed by atoms with van der Waals surface area (Å²) in [6, 6.07) is 53.4. The third-order valence-corrected chi connectivity index (χ3v) is 6.25. The minimum atomic E-state index is 1.11. The average molecular weight is 450 g/mol. The number of rotatable bonds is 5. The number of benzene rings is 5. The molecule has 0 aliphatic carbocycles. The Balaban J connectivity index is 1.86. The summed E-state index contributed by atoms with van der Waals surface area (Å²) in [5.41, 5.74) is 8.05. The second-order valence-electron chi connectivity index (χ2n) is 8.46. The van der Waals surface area contributed by atoms with Crippen molar-refractivity contribution >= 4 is 0 Å². The summed E-state index contributed by atoms with van der Waals surface area (Å²) in [5.74, 6) is 1.11. The minimum absolute atomic E-state index is 1.11. The van der Waals surface area contributed by atoms with Crippen molar-refractivity contribution in [2.24, 2.45) is 0 Å². The second-order valence-corrected chi connectivity index (χ2v) is 8.46. The van der Waals surface area contributed by atoms with Crippen molar-refractivity contribution in [3.8, 4) is 45.3 Å². The van der Waals surface area contributed by atoms with E-state index in [9.17, 15) is 0 Å². The fourth-order valence-corrected chi connectivity index (χ4v) is 4.75.